The van der Waals surface area contributed by atoms with E-state index in [0.717, 1.165) is 11.1 Å². The van der Waals surface area contributed by atoms with Crippen LogP contribution in [0.5, 0.6) is 17.2 Å². The molecule has 0 saturated heterocycles. The predicted octanol–water partition coefficient (Wildman–Crippen LogP) is 4.88. The fraction of sp³-hybridized carbons (Fsp3) is 0.0870. The molecule has 27 heavy (non-hydrogen) atoms. The summed E-state index contributed by atoms with van der Waals surface area (Å²) in [5, 5.41) is 10.2. The third-order valence-electron chi connectivity index (χ3n) is 4.00. The monoisotopic (exact) mass is 360 g/mol. The third kappa shape index (κ3) is 4.98. The van der Waals surface area contributed by atoms with E-state index < -0.39 is 0 Å². The molecule has 0 amide bonds. The predicted molar refractivity (Wildman–Crippen MR) is 105 cm³/mol. The van der Waals surface area contributed by atoms with Crippen LogP contribution in [0.4, 0.5) is 0 Å². The summed E-state index contributed by atoms with van der Waals surface area (Å²) in [6.07, 6.45) is 3.11. The first-order valence-corrected chi connectivity index (χ1v) is 8.52. The maximum atomic E-state index is 12.4. The fourth-order valence-electron chi connectivity index (χ4n) is 2.56. The molecule has 0 aliphatic heterocycles. The maximum Gasteiger partial charge on any atom is 0.189 e. The molecule has 0 fully saturated rings. The lowest BCUT2D eigenvalue weighted by Crippen LogP contribution is -1.98. The van der Waals surface area contributed by atoms with E-state index in [-0.39, 0.29) is 17.1 Å². The van der Waals surface area contributed by atoms with Crippen LogP contribution in [0.2, 0.25) is 0 Å². The Labute approximate surface area is 158 Å². The van der Waals surface area contributed by atoms with E-state index >= 15 is 0 Å². The summed E-state index contributed by atoms with van der Waals surface area (Å²) < 4.78 is 10.8. The summed E-state index contributed by atoms with van der Waals surface area (Å²) in [7, 11) is 1.59. The number of benzene rings is 3. The maximum absolute atomic E-state index is 12.4. The highest BCUT2D eigenvalue weighted by molar-refractivity contribution is 6.08. The molecule has 4 heteroatoms. The second-order valence-corrected chi connectivity index (χ2v) is 5.93. The first-order chi connectivity index (χ1) is 13.2. The minimum absolute atomic E-state index is 0.110. The number of carbonyl (C=O) groups excluding carboxylic acids is 1. The Bertz CT molecular complexity index is 946. The van der Waals surface area contributed by atoms with Crippen LogP contribution in [-0.2, 0) is 6.61 Å². The van der Waals surface area contributed by atoms with Gasteiger partial charge in [-0.25, -0.2) is 0 Å². The highest BCUT2D eigenvalue weighted by atomic mass is 16.5. The minimum atomic E-state index is -0.287. The second-order valence-electron chi connectivity index (χ2n) is 5.93. The van der Waals surface area contributed by atoms with Crippen molar-refractivity contribution in [3.63, 3.8) is 0 Å². The summed E-state index contributed by atoms with van der Waals surface area (Å²) in [5.74, 6) is 0.822. The molecule has 0 aliphatic rings. The molecule has 0 radical (unpaired) electrons. The molecule has 0 aromatic heterocycles. The fourth-order valence-corrected chi connectivity index (χ4v) is 2.56. The number of ketones is 1. The second kappa shape index (κ2) is 8.72. The standard InChI is InChI=1S/C23H20O4/c1-26-19-9-5-8-17(14-19)10-13-22(24)21-12-11-20(15-23(21)25)27-16-18-6-3-2-4-7-18/h2-15,25H,16H2,1H3. The van der Waals surface area contributed by atoms with E-state index in [1.54, 1.807) is 25.3 Å². The van der Waals surface area contributed by atoms with Gasteiger partial charge in [0.2, 0.25) is 0 Å². The number of ether oxygens (including phenoxy) is 2. The van der Waals surface area contributed by atoms with Gasteiger partial charge in [0.05, 0.1) is 12.7 Å². The molecule has 0 aliphatic carbocycles. The molecule has 0 spiro atoms. The van der Waals surface area contributed by atoms with Gasteiger partial charge in [-0.1, -0.05) is 48.5 Å². The van der Waals surface area contributed by atoms with Gasteiger partial charge in [-0.05, 0) is 41.5 Å². The molecule has 136 valence electrons. The van der Waals surface area contributed by atoms with E-state index in [0.29, 0.717) is 18.1 Å². The molecule has 0 unspecified atom stereocenters. The van der Waals surface area contributed by atoms with Gasteiger partial charge in [0.1, 0.15) is 23.9 Å². The number of hydrogen-bond donors (Lipinski definition) is 1. The smallest absolute Gasteiger partial charge is 0.189 e. The molecule has 0 atom stereocenters. The van der Waals surface area contributed by atoms with Gasteiger partial charge in [-0.15, -0.1) is 0 Å². The topological polar surface area (TPSA) is 55.8 Å². The molecule has 0 saturated carbocycles. The summed E-state index contributed by atoms with van der Waals surface area (Å²) in [5.41, 5.74) is 2.09. The van der Waals surface area contributed by atoms with Crippen molar-refractivity contribution >= 4 is 11.9 Å². The number of phenols is 1. The number of methoxy groups -OCH3 is 1. The van der Waals surface area contributed by atoms with Crippen LogP contribution in [0.25, 0.3) is 6.08 Å². The number of phenolic OH excluding ortho intramolecular Hbond substituents is 1. The van der Waals surface area contributed by atoms with Crippen molar-refractivity contribution in [3.05, 3.63) is 95.6 Å². The number of allylic oxidation sites excluding steroid dienone is 1. The zero-order chi connectivity index (χ0) is 19.1. The third-order valence-corrected chi connectivity index (χ3v) is 4.00. The first-order valence-electron chi connectivity index (χ1n) is 8.52. The SMILES string of the molecule is COc1cccc(C=CC(=O)c2ccc(OCc3ccccc3)cc2O)c1. The molecule has 0 heterocycles. The molecular weight excluding hydrogens is 340 g/mol. The number of aromatic hydroxyl groups is 1. The van der Waals surface area contributed by atoms with E-state index in [1.165, 1.54) is 12.1 Å². The minimum Gasteiger partial charge on any atom is -0.507 e. The quantitative estimate of drug-likeness (QED) is 0.482. The Hall–Kier alpha value is -3.53. The highest BCUT2D eigenvalue weighted by Gasteiger charge is 2.10. The van der Waals surface area contributed by atoms with Crippen molar-refractivity contribution < 1.29 is 19.4 Å². The molecule has 0 bridgehead atoms. The van der Waals surface area contributed by atoms with Gasteiger partial charge in [-0.3, -0.25) is 4.79 Å². The Morgan fingerprint density at radius 3 is 2.52 bits per heavy atom. The van der Waals surface area contributed by atoms with Gasteiger partial charge < -0.3 is 14.6 Å². The van der Waals surface area contributed by atoms with E-state index in [1.807, 2.05) is 54.6 Å². The van der Waals surface area contributed by atoms with Crippen molar-refractivity contribution in [1.82, 2.24) is 0 Å². The van der Waals surface area contributed by atoms with Gasteiger partial charge >= 0.3 is 0 Å². The lowest BCUT2D eigenvalue weighted by atomic mass is 10.1. The van der Waals surface area contributed by atoms with Gasteiger partial charge in [-0.2, -0.15) is 0 Å². The largest absolute Gasteiger partial charge is 0.507 e. The Morgan fingerprint density at radius 2 is 1.78 bits per heavy atom. The van der Waals surface area contributed by atoms with Crippen LogP contribution >= 0.6 is 0 Å². The Balaban J connectivity index is 1.67. The highest BCUT2D eigenvalue weighted by Crippen LogP contribution is 2.25. The molecule has 3 rings (SSSR count). The summed E-state index contributed by atoms with van der Waals surface area (Å²) in [6, 6.07) is 21.8. The molecule has 1 N–H and O–H groups in total. The van der Waals surface area contributed by atoms with Crippen molar-refractivity contribution in [2.45, 2.75) is 6.61 Å². The van der Waals surface area contributed by atoms with Crippen LogP contribution in [0.1, 0.15) is 21.5 Å². The van der Waals surface area contributed by atoms with Crippen LogP contribution in [0.15, 0.2) is 78.9 Å². The van der Waals surface area contributed by atoms with Gasteiger partial charge in [0, 0.05) is 6.07 Å². The van der Waals surface area contributed by atoms with Crippen molar-refractivity contribution in [1.29, 1.82) is 0 Å². The summed E-state index contributed by atoms with van der Waals surface area (Å²) in [6.45, 7) is 0.392. The van der Waals surface area contributed by atoms with Crippen LogP contribution < -0.4 is 9.47 Å². The molecular formula is C23H20O4. The van der Waals surface area contributed by atoms with Gasteiger partial charge in [0.25, 0.3) is 0 Å². The van der Waals surface area contributed by atoms with Crippen LogP contribution in [-0.4, -0.2) is 18.0 Å². The normalized spacial score (nSPS) is 10.7. The zero-order valence-electron chi connectivity index (χ0n) is 15.0. The summed E-state index contributed by atoms with van der Waals surface area (Å²) in [4.78, 5) is 12.4. The number of carbonyl (C=O) groups is 1. The average Bonchev–Trinajstić information content (AvgIpc) is 2.71. The van der Waals surface area contributed by atoms with Crippen molar-refractivity contribution in [2.75, 3.05) is 7.11 Å². The Kier molecular flexibility index (Phi) is 5.90. The summed E-state index contributed by atoms with van der Waals surface area (Å²) >= 11 is 0. The number of rotatable bonds is 7. The van der Waals surface area contributed by atoms with Gasteiger partial charge in [0.15, 0.2) is 5.78 Å². The molecule has 3 aromatic rings. The molecule has 4 nitrogen and oxygen atoms in total. The average molecular weight is 360 g/mol. The van der Waals surface area contributed by atoms with Crippen LogP contribution in [0.3, 0.4) is 0 Å². The Morgan fingerprint density at radius 1 is 0.963 bits per heavy atom. The van der Waals surface area contributed by atoms with Crippen molar-refractivity contribution in [2.24, 2.45) is 0 Å². The number of hydrogen-bond acceptors (Lipinski definition) is 4. The zero-order valence-corrected chi connectivity index (χ0v) is 15.0. The van der Waals surface area contributed by atoms with E-state index in [9.17, 15) is 9.90 Å². The molecule has 3 aromatic carbocycles. The van der Waals surface area contributed by atoms with E-state index in [2.05, 4.69) is 0 Å². The van der Waals surface area contributed by atoms with Crippen LogP contribution in [0, 0.1) is 0 Å². The lowest BCUT2D eigenvalue weighted by Gasteiger charge is -2.08. The first kappa shape index (κ1) is 18.3. The van der Waals surface area contributed by atoms with E-state index in [4.69, 9.17) is 9.47 Å². The van der Waals surface area contributed by atoms with Crippen molar-refractivity contribution in [3.8, 4) is 17.2 Å². The lowest BCUT2D eigenvalue weighted by molar-refractivity contribution is 0.104.